The summed E-state index contributed by atoms with van der Waals surface area (Å²) >= 11 is 5.84. The number of rotatable bonds is 7. The fourth-order valence-corrected chi connectivity index (χ4v) is 3.22. The minimum Gasteiger partial charge on any atom is -0.444 e. The Bertz CT molecular complexity index is 987. The van der Waals surface area contributed by atoms with E-state index in [9.17, 15) is 17.6 Å². The zero-order valence-corrected chi connectivity index (χ0v) is 18.8. The lowest BCUT2D eigenvalue weighted by Crippen LogP contribution is -2.43. The van der Waals surface area contributed by atoms with E-state index in [1.807, 2.05) is 24.3 Å². The van der Waals surface area contributed by atoms with Gasteiger partial charge in [0.1, 0.15) is 11.4 Å². The molecular formula is C21H25ClFNO5S. The van der Waals surface area contributed by atoms with Crippen molar-refractivity contribution in [3.05, 3.63) is 58.9 Å². The molecule has 2 rings (SSSR count). The second-order valence-electron chi connectivity index (χ2n) is 7.86. The second-order valence-corrected chi connectivity index (χ2v) is 9.91. The first-order valence-electron chi connectivity index (χ1n) is 9.21. The van der Waals surface area contributed by atoms with Crippen molar-refractivity contribution < 1.29 is 26.5 Å². The maximum absolute atomic E-state index is 13.4. The van der Waals surface area contributed by atoms with E-state index in [-0.39, 0.29) is 11.6 Å². The van der Waals surface area contributed by atoms with Crippen LogP contribution in [0, 0.1) is 5.82 Å². The molecule has 0 saturated heterocycles. The van der Waals surface area contributed by atoms with Crippen LogP contribution in [0.2, 0.25) is 5.02 Å². The van der Waals surface area contributed by atoms with E-state index in [1.165, 1.54) is 6.07 Å². The van der Waals surface area contributed by atoms with Crippen molar-refractivity contribution in [1.82, 2.24) is 5.32 Å². The minimum absolute atomic E-state index is 0.0381. The Kier molecular flexibility index (Phi) is 7.85. The molecule has 1 atom stereocenters. The Morgan fingerprint density at radius 1 is 1.13 bits per heavy atom. The molecule has 0 aliphatic carbocycles. The zero-order valence-electron chi connectivity index (χ0n) is 17.2. The lowest BCUT2D eigenvalue weighted by Gasteiger charge is -2.23. The Morgan fingerprint density at radius 2 is 1.73 bits per heavy atom. The third-order valence-electron chi connectivity index (χ3n) is 3.89. The van der Waals surface area contributed by atoms with Crippen LogP contribution in [0.4, 0.5) is 9.18 Å². The van der Waals surface area contributed by atoms with Crippen LogP contribution in [-0.4, -0.2) is 39.0 Å². The molecule has 1 N–H and O–H groups in total. The largest absolute Gasteiger partial charge is 0.444 e. The van der Waals surface area contributed by atoms with Gasteiger partial charge in [-0.25, -0.2) is 9.18 Å². The molecule has 164 valence electrons. The topological polar surface area (TPSA) is 81.7 Å². The van der Waals surface area contributed by atoms with Gasteiger partial charge in [-0.2, -0.15) is 8.42 Å². The molecule has 0 aromatic heterocycles. The van der Waals surface area contributed by atoms with E-state index in [1.54, 1.807) is 32.9 Å². The molecule has 0 bridgehead atoms. The SMILES string of the molecule is CC(C)(C)OC(=O)NC(COS(C)(=O)=O)Cc1ccc(-c2ccc(F)c(Cl)c2)cc1. The van der Waals surface area contributed by atoms with Crippen LogP contribution < -0.4 is 5.32 Å². The molecule has 0 saturated carbocycles. The Hall–Kier alpha value is -2.16. The van der Waals surface area contributed by atoms with Crippen LogP contribution in [0.25, 0.3) is 11.1 Å². The third-order valence-corrected chi connectivity index (χ3v) is 4.75. The average Bonchev–Trinajstić information content (AvgIpc) is 2.60. The number of nitrogens with one attached hydrogen (secondary N) is 1. The third kappa shape index (κ3) is 8.30. The van der Waals surface area contributed by atoms with E-state index >= 15 is 0 Å². The summed E-state index contributed by atoms with van der Waals surface area (Å²) in [6.45, 7) is 4.96. The van der Waals surface area contributed by atoms with Gasteiger partial charge in [-0.1, -0.05) is 41.9 Å². The monoisotopic (exact) mass is 457 g/mol. The quantitative estimate of drug-likeness (QED) is 0.616. The zero-order chi connectivity index (χ0) is 22.5. The molecule has 0 fully saturated rings. The lowest BCUT2D eigenvalue weighted by molar-refractivity contribution is 0.0488. The van der Waals surface area contributed by atoms with Gasteiger partial charge >= 0.3 is 6.09 Å². The van der Waals surface area contributed by atoms with Gasteiger partial charge in [0.2, 0.25) is 0 Å². The number of carbonyl (C=O) groups is 1. The molecule has 6 nitrogen and oxygen atoms in total. The van der Waals surface area contributed by atoms with Crippen LogP contribution in [0.1, 0.15) is 26.3 Å². The molecule has 30 heavy (non-hydrogen) atoms. The molecule has 1 amide bonds. The smallest absolute Gasteiger partial charge is 0.407 e. The second kappa shape index (κ2) is 9.76. The number of carbonyl (C=O) groups excluding carboxylic acids is 1. The summed E-state index contributed by atoms with van der Waals surface area (Å²) in [4.78, 5) is 12.1. The molecule has 9 heteroatoms. The maximum Gasteiger partial charge on any atom is 0.407 e. The van der Waals surface area contributed by atoms with E-state index in [4.69, 9.17) is 20.5 Å². The highest BCUT2D eigenvalue weighted by Crippen LogP contribution is 2.25. The Morgan fingerprint density at radius 3 is 2.27 bits per heavy atom. The van der Waals surface area contributed by atoms with Gasteiger partial charge in [0.15, 0.2) is 0 Å². The van der Waals surface area contributed by atoms with Crippen molar-refractivity contribution in [3.8, 4) is 11.1 Å². The first-order chi connectivity index (χ1) is 13.8. The van der Waals surface area contributed by atoms with Crippen LogP contribution in [-0.2, 0) is 25.5 Å². The van der Waals surface area contributed by atoms with Gasteiger partial charge in [0, 0.05) is 0 Å². The number of halogens is 2. The highest BCUT2D eigenvalue weighted by molar-refractivity contribution is 7.85. The average molecular weight is 458 g/mol. The summed E-state index contributed by atoms with van der Waals surface area (Å²) in [5.74, 6) is -0.487. The predicted octanol–water partition coefficient (Wildman–Crippen LogP) is 4.56. The summed E-state index contributed by atoms with van der Waals surface area (Å²) in [6, 6.07) is 11.2. The van der Waals surface area contributed by atoms with Gasteiger partial charge in [0.05, 0.1) is 23.9 Å². The number of ether oxygens (including phenoxy) is 1. The van der Waals surface area contributed by atoms with Crippen LogP contribution in [0.5, 0.6) is 0 Å². The summed E-state index contributed by atoms with van der Waals surface area (Å²) in [5, 5.41) is 2.68. The summed E-state index contributed by atoms with van der Waals surface area (Å²) in [5.41, 5.74) is 1.75. The maximum atomic E-state index is 13.4. The van der Waals surface area contributed by atoms with Gasteiger partial charge in [0.25, 0.3) is 10.1 Å². The highest BCUT2D eigenvalue weighted by atomic mass is 35.5. The van der Waals surface area contributed by atoms with E-state index in [0.717, 1.165) is 22.9 Å². The number of hydrogen-bond donors (Lipinski definition) is 1. The predicted molar refractivity (Wildman–Crippen MR) is 115 cm³/mol. The molecule has 0 radical (unpaired) electrons. The summed E-state index contributed by atoms with van der Waals surface area (Å²) in [7, 11) is -3.67. The van der Waals surface area contributed by atoms with Crippen molar-refractivity contribution in [1.29, 1.82) is 0 Å². The number of alkyl carbamates (subject to hydrolysis) is 1. The first-order valence-corrected chi connectivity index (χ1v) is 11.4. The number of amides is 1. The van der Waals surface area contributed by atoms with Crippen LogP contribution in [0.3, 0.4) is 0 Å². The van der Waals surface area contributed by atoms with E-state index < -0.39 is 33.7 Å². The molecule has 0 heterocycles. The van der Waals surface area contributed by atoms with Gasteiger partial charge in [-0.3, -0.25) is 4.18 Å². The molecule has 0 aliphatic rings. The van der Waals surface area contributed by atoms with Gasteiger partial charge in [-0.15, -0.1) is 0 Å². The number of benzene rings is 2. The summed E-state index contributed by atoms with van der Waals surface area (Å²) in [6.07, 6.45) is 0.599. The fourth-order valence-electron chi connectivity index (χ4n) is 2.63. The van der Waals surface area contributed by atoms with E-state index in [0.29, 0.717) is 6.42 Å². The number of hydrogen-bond acceptors (Lipinski definition) is 5. The van der Waals surface area contributed by atoms with E-state index in [2.05, 4.69) is 5.32 Å². The normalized spacial score (nSPS) is 13.0. The van der Waals surface area contributed by atoms with Crippen LogP contribution in [0.15, 0.2) is 42.5 Å². The molecule has 2 aromatic carbocycles. The Labute approximate surface area is 181 Å². The van der Waals surface area contributed by atoms with Crippen molar-refractivity contribution in [2.24, 2.45) is 0 Å². The molecule has 0 spiro atoms. The highest BCUT2D eigenvalue weighted by Gasteiger charge is 2.21. The molecule has 0 aliphatic heterocycles. The molecular weight excluding hydrogens is 433 g/mol. The lowest BCUT2D eigenvalue weighted by atomic mass is 10.0. The van der Waals surface area contributed by atoms with Gasteiger partial charge in [-0.05, 0) is 56.0 Å². The molecule has 1 unspecified atom stereocenters. The standard InChI is InChI=1S/C21H25ClFNO5S/c1-21(2,3)29-20(25)24-17(13-28-30(4,26)27)11-14-5-7-15(8-6-14)16-9-10-19(23)18(22)12-16/h5-10,12,17H,11,13H2,1-4H3,(H,24,25). The minimum atomic E-state index is -3.67. The van der Waals surface area contributed by atoms with Crippen molar-refractivity contribution in [3.63, 3.8) is 0 Å². The Balaban J connectivity index is 2.13. The fraction of sp³-hybridized carbons (Fsp3) is 0.381. The summed E-state index contributed by atoms with van der Waals surface area (Å²) < 4.78 is 46.2. The van der Waals surface area contributed by atoms with Gasteiger partial charge < -0.3 is 10.1 Å². The van der Waals surface area contributed by atoms with Crippen LogP contribution >= 0.6 is 11.6 Å². The van der Waals surface area contributed by atoms with Crippen molar-refractivity contribution >= 4 is 27.8 Å². The first kappa shape index (κ1) is 24.1. The molecule has 2 aromatic rings. The van der Waals surface area contributed by atoms with Crippen molar-refractivity contribution in [2.75, 3.05) is 12.9 Å². The van der Waals surface area contributed by atoms with Crippen molar-refractivity contribution in [2.45, 2.75) is 38.8 Å².